The van der Waals surface area contributed by atoms with Crippen molar-refractivity contribution in [1.82, 2.24) is 0 Å². The van der Waals surface area contributed by atoms with Gasteiger partial charge in [-0.3, -0.25) is 0 Å². The molecule has 0 aromatic rings. The van der Waals surface area contributed by atoms with Gasteiger partial charge in [0.25, 0.3) is 0 Å². The van der Waals surface area contributed by atoms with Gasteiger partial charge in [-0.15, -0.1) is 0 Å². The van der Waals surface area contributed by atoms with Gasteiger partial charge in [-0.05, 0) is 11.1 Å². The van der Waals surface area contributed by atoms with Gasteiger partial charge < -0.3 is 0 Å². The summed E-state index contributed by atoms with van der Waals surface area (Å²) in [4.78, 5) is 0. The minimum absolute atomic E-state index is 0.870. The van der Waals surface area contributed by atoms with Gasteiger partial charge in [0.15, 0.2) is 0 Å². The van der Waals surface area contributed by atoms with Gasteiger partial charge >= 0.3 is 0 Å². The lowest BCUT2D eigenvalue weighted by Gasteiger charge is -1.96. The fourth-order valence-corrected chi connectivity index (χ4v) is 0.551. The Morgan fingerprint density at radius 1 is 1.00 bits per heavy atom. The van der Waals surface area contributed by atoms with E-state index in [0.29, 0.717) is 0 Å². The summed E-state index contributed by atoms with van der Waals surface area (Å²) in [5, 5.41) is 0. The molecule has 0 atom stereocenters. The topological polar surface area (TPSA) is 0 Å². The molecule has 0 amide bonds. The van der Waals surface area contributed by atoms with Crippen LogP contribution in [-0.2, 0) is 0 Å². The van der Waals surface area contributed by atoms with Crippen LogP contribution in [0.1, 0.15) is 0 Å². The molecule has 0 aliphatic heterocycles. The molecule has 0 unspecified atom stereocenters. The van der Waals surface area contributed by atoms with Crippen LogP contribution in [0.4, 0.5) is 0 Å². The van der Waals surface area contributed by atoms with Crippen molar-refractivity contribution in [1.29, 1.82) is 0 Å². The van der Waals surface area contributed by atoms with Crippen LogP contribution in [0.15, 0.2) is 61.8 Å². The van der Waals surface area contributed by atoms with E-state index in [9.17, 15) is 0 Å². The summed E-state index contributed by atoms with van der Waals surface area (Å²) in [5.41, 5.74) is 1.83. The molecule has 0 spiro atoms. The molecule has 0 saturated carbocycles. The van der Waals surface area contributed by atoms with Crippen molar-refractivity contribution in [3.05, 3.63) is 61.8 Å². The molecule has 0 N–H and O–H groups in total. The largest absolute Gasteiger partial charge is 0.0990 e. The minimum Gasteiger partial charge on any atom is -0.0990 e. The first kappa shape index (κ1) is 8.70. The number of hydrogen-bond donors (Lipinski definition) is 0. The second kappa shape index (κ2) is 4.57. The number of rotatable bonds is 4. The highest BCUT2D eigenvalue weighted by atomic mass is 13.9. The second-order valence-electron chi connectivity index (χ2n) is 1.79. The van der Waals surface area contributed by atoms with Crippen molar-refractivity contribution in [2.24, 2.45) is 0 Å². The van der Waals surface area contributed by atoms with Crippen LogP contribution in [0.2, 0.25) is 0 Å². The van der Waals surface area contributed by atoms with Gasteiger partial charge in [0.1, 0.15) is 0 Å². The Morgan fingerprint density at radius 3 is 1.90 bits per heavy atom. The Balaban J connectivity index is 4.49. The highest BCUT2D eigenvalue weighted by Crippen LogP contribution is 2.08. The third kappa shape index (κ3) is 2.31. The van der Waals surface area contributed by atoms with Crippen LogP contribution >= 0.6 is 0 Å². The van der Waals surface area contributed by atoms with E-state index >= 15 is 0 Å². The quantitative estimate of drug-likeness (QED) is 0.516. The van der Waals surface area contributed by atoms with Crippen LogP contribution < -0.4 is 0 Å². The van der Waals surface area contributed by atoms with Crippen molar-refractivity contribution >= 4 is 0 Å². The highest BCUT2D eigenvalue weighted by molar-refractivity contribution is 5.44. The Kier molecular flexibility index (Phi) is 3.97. The molecule has 52 valence electrons. The van der Waals surface area contributed by atoms with Crippen molar-refractivity contribution in [3.63, 3.8) is 0 Å². The lowest BCUT2D eigenvalue weighted by Crippen LogP contribution is -1.77. The van der Waals surface area contributed by atoms with Gasteiger partial charge in [0, 0.05) is 0 Å². The molecule has 0 aliphatic carbocycles. The minimum atomic E-state index is 0.870. The Labute approximate surface area is 62.6 Å². The van der Waals surface area contributed by atoms with E-state index in [4.69, 9.17) is 0 Å². The summed E-state index contributed by atoms with van der Waals surface area (Å²) >= 11 is 0. The van der Waals surface area contributed by atoms with Crippen molar-refractivity contribution in [3.8, 4) is 0 Å². The monoisotopic (exact) mass is 132 g/mol. The molecule has 0 saturated heterocycles. The van der Waals surface area contributed by atoms with Crippen LogP contribution in [0.25, 0.3) is 0 Å². The van der Waals surface area contributed by atoms with Crippen LogP contribution in [0, 0.1) is 0 Å². The van der Waals surface area contributed by atoms with Gasteiger partial charge in [-0.25, -0.2) is 0 Å². The van der Waals surface area contributed by atoms with E-state index in [2.05, 4.69) is 26.3 Å². The van der Waals surface area contributed by atoms with Crippen molar-refractivity contribution in [2.75, 3.05) is 0 Å². The fraction of sp³-hybridized carbons (Fsp3) is 0. The smallest absolute Gasteiger partial charge is 0.0196 e. The molecule has 0 aromatic carbocycles. The maximum Gasteiger partial charge on any atom is -0.0196 e. The lowest BCUT2D eigenvalue weighted by molar-refractivity contribution is 1.59. The first-order chi connectivity index (χ1) is 4.76. The first-order valence-electron chi connectivity index (χ1n) is 3.03. The number of hydrogen-bond acceptors (Lipinski definition) is 0. The maximum absolute atomic E-state index is 3.76. The van der Waals surface area contributed by atoms with Crippen molar-refractivity contribution < 1.29 is 0 Å². The molecule has 0 aliphatic rings. The van der Waals surface area contributed by atoms with Crippen LogP contribution in [0.5, 0.6) is 0 Å². The summed E-state index contributed by atoms with van der Waals surface area (Å²) in [7, 11) is 0. The van der Waals surface area contributed by atoms with Crippen molar-refractivity contribution in [2.45, 2.75) is 0 Å². The summed E-state index contributed by atoms with van der Waals surface area (Å²) < 4.78 is 0. The fourth-order valence-electron chi connectivity index (χ4n) is 0.551. The highest BCUT2D eigenvalue weighted by Gasteiger charge is 1.89. The van der Waals surface area contributed by atoms with Crippen LogP contribution in [0.3, 0.4) is 0 Å². The van der Waals surface area contributed by atoms with Crippen LogP contribution in [-0.4, -0.2) is 0 Å². The maximum atomic E-state index is 3.76. The molecule has 0 fully saturated rings. The van der Waals surface area contributed by atoms with E-state index < -0.39 is 0 Å². The predicted octanol–water partition coefficient (Wildman–Crippen LogP) is 3.03. The molecular formula is C10H12. The molecular weight excluding hydrogens is 120 g/mol. The predicted molar refractivity (Wildman–Crippen MR) is 47.8 cm³/mol. The van der Waals surface area contributed by atoms with Gasteiger partial charge in [0.2, 0.25) is 0 Å². The lowest BCUT2D eigenvalue weighted by atomic mass is 10.1. The molecule has 10 heavy (non-hydrogen) atoms. The Hall–Kier alpha value is -1.30. The molecule has 0 rings (SSSR count). The van der Waals surface area contributed by atoms with Gasteiger partial charge in [-0.1, -0.05) is 50.6 Å². The van der Waals surface area contributed by atoms with E-state index in [1.807, 2.05) is 6.08 Å². The zero-order chi connectivity index (χ0) is 7.98. The zero-order valence-electron chi connectivity index (χ0n) is 6.14. The second-order valence-corrected chi connectivity index (χ2v) is 1.79. The summed E-state index contributed by atoms with van der Waals surface area (Å²) in [6.45, 7) is 14.5. The van der Waals surface area contributed by atoms with E-state index in [1.54, 1.807) is 18.2 Å². The molecule has 0 aromatic heterocycles. The molecule has 0 heterocycles. The SMILES string of the molecule is C=C/C=C(\C=C)C(=C)C=C. The zero-order valence-corrected chi connectivity index (χ0v) is 6.14. The molecule has 0 nitrogen and oxygen atoms in total. The normalized spacial score (nSPS) is 10.2. The van der Waals surface area contributed by atoms with E-state index in [-0.39, 0.29) is 0 Å². The average molecular weight is 132 g/mol. The Morgan fingerprint density at radius 2 is 1.60 bits per heavy atom. The summed E-state index contributed by atoms with van der Waals surface area (Å²) in [5.74, 6) is 0. The summed E-state index contributed by atoms with van der Waals surface area (Å²) in [6.07, 6.45) is 6.96. The third-order valence-electron chi connectivity index (χ3n) is 1.13. The average Bonchev–Trinajstić information content (AvgIpc) is 1.99. The first-order valence-corrected chi connectivity index (χ1v) is 3.03. The standard InChI is InChI=1S/C10H12/c1-5-8-10(7-3)9(4)6-2/h5-8H,1-4H2/b10-8+. The molecule has 0 heteroatoms. The molecule has 0 bridgehead atoms. The summed E-state index contributed by atoms with van der Waals surface area (Å²) in [6, 6.07) is 0. The van der Waals surface area contributed by atoms with E-state index in [1.165, 1.54) is 0 Å². The molecule has 0 radical (unpaired) electrons. The number of allylic oxidation sites excluding steroid dienone is 6. The third-order valence-corrected chi connectivity index (χ3v) is 1.13. The van der Waals surface area contributed by atoms with Gasteiger partial charge in [0.05, 0.1) is 0 Å². The van der Waals surface area contributed by atoms with E-state index in [0.717, 1.165) is 11.1 Å². The Bertz CT molecular complexity index is 192. The van der Waals surface area contributed by atoms with Gasteiger partial charge in [-0.2, -0.15) is 0 Å².